The molecule has 2 heteroatoms. The van der Waals surface area contributed by atoms with E-state index in [4.69, 9.17) is 0 Å². The first-order chi connectivity index (χ1) is 28.1. The minimum Gasteiger partial charge on any atom is -0.135 e. The van der Waals surface area contributed by atoms with Crippen LogP contribution in [0.5, 0.6) is 0 Å². The lowest BCUT2D eigenvalue weighted by atomic mass is 9.91. The molecule has 0 aliphatic carbocycles. The Morgan fingerprint density at radius 2 is 1.00 bits per heavy atom. The fraction of sp³-hybridized carbons (Fsp3) is 0.0364. The normalized spacial score (nSPS) is 14.3. The molecule has 0 bridgehead atoms. The maximum absolute atomic E-state index is 2.44. The number of fused-ring (bicyclic) bond motifs is 7. The zero-order valence-corrected chi connectivity index (χ0v) is 33.4. The molecule has 0 saturated carbocycles. The molecule has 0 saturated heterocycles. The van der Waals surface area contributed by atoms with Gasteiger partial charge in [0.1, 0.15) is 0 Å². The molecule has 8 aromatic carbocycles. The fourth-order valence-electron chi connectivity index (χ4n) is 8.64. The van der Waals surface area contributed by atoms with E-state index in [1.165, 1.54) is 113 Å². The number of rotatable bonds is 6. The number of benzene rings is 8. The molecule has 3 heterocycles. The van der Waals surface area contributed by atoms with Crippen molar-refractivity contribution in [1.29, 1.82) is 0 Å². The molecule has 0 spiro atoms. The van der Waals surface area contributed by atoms with Crippen molar-refractivity contribution in [3.63, 3.8) is 0 Å². The van der Waals surface area contributed by atoms with Gasteiger partial charge in [0.25, 0.3) is 0 Å². The van der Waals surface area contributed by atoms with Gasteiger partial charge in [0.05, 0.1) is 0 Å². The first-order valence-corrected chi connectivity index (χ1v) is 21.7. The van der Waals surface area contributed by atoms with Gasteiger partial charge in [-0.25, -0.2) is 0 Å². The van der Waals surface area contributed by atoms with Crippen molar-refractivity contribution in [1.82, 2.24) is 0 Å². The van der Waals surface area contributed by atoms with Gasteiger partial charge in [-0.2, -0.15) is 0 Å². The minimum atomic E-state index is 0.0737. The predicted octanol–water partition coefficient (Wildman–Crippen LogP) is 15.9. The molecule has 270 valence electrons. The van der Waals surface area contributed by atoms with Gasteiger partial charge in [-0.15, -0.1) is 21.8 Å². The van der Waals surface area contributed by atoms with Crippen molar-refractivity contribution in [3.05, 3.63) is 210 Å². The predicted molar refractivity (Wildman–Crippen MR) is 250 cm³/mol. The second-order valence-electron chi connectivity index (χ2n) is 15.2. The van der Waals surface area contributed by atoms with Crippen LogP contribution in [-0.4, -0.2) is 5.37 Å². The second kappa shape index (κ2) is 13.7. The maximum atomic E-state index is 2.44. The Labute approximate surface area is 340 Å². The monoisotopic (exact) mass is 762 g/mol. The SMILES string of the molecule is Cc1ccc(-c2cccc(-c3cccc(-c4ccccc4)c3)c2)cc1-c1ccc2c(sc3ccc(C4=CC=S5C(=C4)c4cc(-c6ccccc6)ccc45)cc32)c1C. The molecule has 2 aliphatic rings. The highest BCUT2D eigenvalue weighted by atomic mass is 32.2. The summed E-state index contributed by atoms with van der Waals surface area (Å²) in [7, 11) is 0.0737. The van der Waals surface area contributed by atoms with Gasteiger partial charge in [0, 0.05) is 35.5 Å². The van der Waals surface area contributed by atoms with E-state index in [-0.39, 0.29) is 10.5 Å². The Kier molecular flexibility index (Phi) is 8.17. The number of allylic oxidation sites excluding steroid dienone is 3. The molecule has 1 aromatic heterocycles. The summed E-state index contributed by atoms with van der Waals surface area (Å²) in [6, 6.07) is 64.9. The highest BCUT2D eigenvalue weighted by Gasteiger charge is 2.27. The molecule has 0 radical (unpaired) electrons. The van der Waals surface area contributed by atoms with E-state index in [1.54, 1.807) is 0 Å². The molecule has 1 unspecified atom stereocenters. The summed E-state index contributed by atoms with van der Waals surface area (Å²) in [5.41, 5.74) is 19.1. The molecule has 0 amide bonds. The molecule has 0 N–H and O–H groups in total. The largest absolute Gasteiger partial charge is 0.135 e. The van der Waals surface area contributed by atoms with E-state index in [2.05, 4.69) is 207 Å². The summed E-state index contributed by atoms with van der Waals surface area (Å²) in [5.74, 6) is 0. The summed E-state index contributed by atoms with van der Waals surface area (Å²) in [4.78, 5) is 2.92. The molecule has 9 aromatic rings. The summed E-state index contributed by atoms with van der Waals surface area (Å²) >= 11 is 1.92. The molecule has 11 rings (SSSR count). The van der Waals surface area contributed by atoms with Crippen LogP contribution >= 0.6 is 21.8 Å². The quantitative estimate of drug-likeness (QED) is 0.148. The molecule has 2 aliphatic heterocycles. The first kappa shape index (κ1) is 34.0. The average molecular weight is 763 g/mol. The van der Waals surface area contributed by atoms with Gasteiger partial charge in [-0.05, 0) is 152 Å². The van der Waals surface area contributed by atoms with Crippen molar-refractivity contribution >= 4 is 57.8 Å². The zero-order valence-electron chi connectivity index (χ0n) is 31.8. The third-order valence-electron chi connectivity index (χ3n) is 11.7. The summed E-state index contributed by atoms with van der Waals surface area (Å²) in [6.45, 7) is 4.55. The standard InChI is InChI=1S/C55H38S2/c1-35-19-20-44(42-18-10-17-41(30-42)40-16-9-15-39(29-40)37-11-5-3-6-12-37)31-49(35)47-23-24-48-50-32-45(21-25-52(50)56-55(48)36(47)2)46-27-28-57-53-26-22-43(33-51(53)54(57)34-46)38-13-7-4-8-14-38/h3-34H,1-2H3. The highest BCUT2D eigenvalue weighted by Crippen LogP contribution is 2.57. The molecule has 0 fully saturated rings. The van der Waals surface area contributed by atoms with Crippen molar-refractivity contribution in [2.24, 2.45) is 0 Å². The number of hydrogen-bond donors (Lipinski definition) is 0. The van der Waals surface area contributed by atoms with Gasteiger partial charge in [0.2, 0.25) is 0 Å². The van der Waals surface area contributed by atoms with Crippen LogP contribution in [-0.2, 0) is 0 Å². The minimum absolute atomic E-state index is 0.0737. The topological polar surface area (TPSA) is 0 Å². The average Bonchev–Trinajstić information content (AvgIpc) is 3.65. The van der Waals surface area contributed by atoms with Crippen LogP contribution in [0.15, 0.2) is 193 Å². The summed E-state index contributed by atoms with van der Waals surface area (Å²) in [5, 5.41) is 5.09. The Balaban J connectivity index is 0.915. The smallest absolute Gasteiger partial charge is 0.0390 e. The fourth-order valence-corrected chi connectivity index (χ4v) is 11.8. The van der Waals surface area contributed by atoms with E-state index in [9.17, 15) is 0 Å². The molecule has 57 heavy (non-hydrogen) atoms. The molecular weight excluding hydrogens is 725 g/mol. The molecule has 0 nitrogen and oxygen atoms in total. The Morgan fingerprint density at radius 3 is 1.70 bits per heavy atom. The molecule has 1 atom stereocenters. The second-order valence-corrected chi connectivity index (χ2v) is 18.0. The van der Waals surface area contributed by atoms with Gasteiger partial charge in [-0.1, -0.05) is 133 Å². The maximum Gasteiger partial charge on any atom is 0.0390 e. The van der Waals surface area contributed by atoms with E-state index < -0.39 is 0 Å². The Bertz CT molecular complexity index is 3170. The van der Waals surface area contributed by atoms with E-state index >= 15 is 0 Å². The third kappa shape index (κ3) is 5.87. The van der Waals surface area contributed by atoms with Crippen LogP contribution in [0.3, 0.4) is 0 Å². The van der Waals surface area contributed by atoms with Crippen LogP contribution in [0, 0.1) is 13.8 Å². The van der Waals surface area contributed by atoms with Crippen LogP contribution in [0.4, 0.5) is 0 Å². The number of hydrogen-bond acceptors (Lipinski definition) is 1. The molecular formula is C55H38S2. The summed E-state index contributed by atoms with van der Waals surface area (Å²) in [6.07, 6.45) is 4.78. The Hall–Kier alpha value is -6.32. The van der Waals surface area contributed by atoms with E-state index in [0.29, 0.717) is 0 Å². The summed E-state index contributed by atoms with van der Waals surface area (Å²) < 4.78 is 2.71. The van der Waals surface area contributed by atoms with Gasteiger partial charge >= 0.3 is 0 Å². The van der Waals surface area contributed by atoms with Crippen LogP contribution < -0.4 is 0 Å². The van der Waals surface area contributed by atoms with Crippen molar-refractivity contribution in [2.75, 3.05) is 0 Å². The Morgan fingerprint density at radius 1 is 0.421 bits per heavy atom. The van der Waals surface area contributed by atoms with E-state index in [1.807, 2.05) is 11.3 Å². The van der Waals surface area contributed by atoms with Crippen LogP contribution in [0.25, 0.3) is 86.3 Å². The van der Waals surface area contributed by atoms with Gasteiger partial charge in [-0.3, -0.25) is 0 Å². The van der Waals surface area contributed by atoms with Crippen molar-refractivity contribution in [3.8, 4) is 55.6 Å². The number of thiophene rings is 1. The highest BCUT2D eigenvalue weighted by molar-refractivity contribution is 8.24. The first-order valence-electron chi connectivity index (χ1n) is 19.6. The number of aryl methyl sites for hydroxylation is 2. The van der Waals surface area contributed by atoms with Crippen LogP contribution in [0.2, 0.25) is 0 Å². The van der Waals surface area contributed by atoms with E-state index in [0.717, 1.165) is 0 Å². The zero-order chi connectivity index (χ0) is 38.0. The lowest BCUT2D eigenvalue weighted by Gasteiger charge is -2.31. The third-order valence-corrected chi connectivity index (χ3v) is 15.1. The van der Waals surface area contributed by atoms with Gasteiger partial charge < -0.3 is 0 Å². The van der Waals surface area contributed by atoms with Crippen LogP contribution in [0.1, 0.15) is 22.3 Å². The van der Waals surface area contributed by atoms with Crippen molar-refractivity contribution in [2.45, 2.75) is 18.7 Å². The lowest BCUT2D eigenvalue weighted by molar-refractivity contribution is 1.38. The van der Waals surface area contributed by atoms with Crippen molar-refractivity contribution < 1.29 is 0 Å². The van der Waals surface area contributed by atoms with Gasteiger partial charge in [0.15, 0.2) is 0 Å². The lowest BCUT2D eigenvalue weighted by Crippen LogP contribution is -2.04.